The number of nitrogens with zero attached hydrogens (tertiary/aromatic N) is 4. The number of anilines is 1. The number of piperazine rings is 1. The summed E-state index contributed by atoms with van der Waals surface area (Å²) in [6.45, 7) is 3.00. The molecule has 0 aliphatic carbocycles. The molecule has 3 atom stereocenters. The van der Waals surface area contributed by atoms with E-state index in [1.165, 1.54) is 0 Å². The van der Waals surface area contributed by atoms with Gasteiger partial charge in [-0.15, -0.1) is 0 Å². The number of benzene rings is 1. The lowest BCUT2D eigenvalue weighted by Gasteiger charge is -2.37. The van der Waals surface area contributed by atoms with Crippen molar-refractivity contribution in [3.8, 4) is 0 Å². The molecule has 0 unspecified atom stereocenters. The molecule has 3 aliphatic heterocycles. The van der Waals surface area contributed by atoms with Crippen LogP contribution in [-0.4, -0.2) is 63.9 Å². The van der Waals surface area contributed by atoms with E-state index in [4.69, 9.17) is 0 Å². The van der Waals surface area contributed by atoms with Gasteiger partial charge in [-0.1, -0.05) is 30.3 Å². The summed E-state index contributed by atoms with van der Waals surface area (Å²) in [6, 6.07) is 7.04. The lowest BCUT2D eigenvalue weighted by Crippen LogP contribution is -2.52. The number of amides is 1. The van der Waals surface area contributed by atoms with Gasteiger partial charge >= 0.3 is 6.18 Å². The first-order valence-corrected chi connectivity index (χ1v) is 11.3. The van der Waals surface area contributed by atoms with Gasteiger partial charge in [0.05, 0.1) is 10.5 Å². The molecular weight excluding hydrogens is 475 g/mol. The third-order valence-corrected chi connectivity index (χ3v) is 7.33. The minimum absolute atomic E-state index is 0.0388. The van der Waals surface area contributed by atoms with Gasteiger partial charge in [-0.3, -0.25) is 9.69 Å². The van der Waals surface area contributed by atoms with E-state index in [0.29, 0.717) is 23.6 Å². The number of nitrogens with one attached hydrogen (secondary N) is 1. The largest absolute Gasteiger partial charge is 0.410 e. The van der Waals surface area contributed by atoms with E-state index in [9.17, 15) is 18.0 Å². The molecule has 0 spiro atoms. The smallest absolute Gasteiger partial charge is 0.362 e. The van der Waals surface area contributed by atoms with Gasteiger partial charge in [0, 0.05) is 32.1 Å². The van der Waals surface area contributed by atoms with Gasteiger partial charge in [-0.2, -0.15) is 18.3 Å². The Balaban J connectivity index is 1.47. The van der Waals surface area contributed by atoms with Gasteiger partial charge in [-0.25, -0.2) is 4.68 Å². The number of alkyl halides is 3. The third kappa shape index (κ3) is 3.73. The van der Waals surface area contributed by atoms with Crippen molar-refractivity contribution in [3.63, 3.8) is 0 Å². The Kier molecular flexibility index (Phi) is 5.24. The van der Waals surface area contributed by atoms with Crippen LogP contribution in [0.15, 0.2) is 34.8 Å². The fourth-order valence-electron chi connectivity index (χ4n) is 4.96. The maximum Gasteiger partial charge on any atom is 0.410 e. The molecule has 3 aliphatic rings. The first-order chi connectivity index (χ1) is 14.8. The van der Waals surface area contributed by atoms with E-state index in [1.807, 2.05) is 6.07 Å². The number of hydrogen-bond donors (Lipinski definition) is 1. The SMILES string of the molecule is O=C(c1nn2c(c1Br)N[C@@H](c1ccccc1)C[C@@H]2C(F)(F)F)N1CCN2CCC[C@@H]2C1. The predicted molar refractivity (Wildman–Crippen MR) is 113 cm³/mol. The average Bonchev–Trinajstić information content (AvgIpc) is 3.36. The number of hydrogen-bond acceptors (Lipinski definition) is 4. The predicted octanol–water partition coefficient (Wildman–Crippen LogP) is 4.23. The van der Waals surface area contributed by atoms with E-state index in [0.717, 1.165) is 36.2 Å². The van der Waals surface area contributed by atoms with Gasteiger partial charge in [-0.05, 0) is 40.9 Å². The molecule has 0 radical (unpaired) electrons. The molecule has 1 aromatic carbocycles. The van der Waals surface area contributed by atoms with Gasteiger partial charge < -0.3 is 10.2 Å². The molecule has 0 bridgehead atoms. The molecule has 2 fully saturated rings. The second kappa shape index (κ2) is 7.81. The van der Waals surface area contributed by atoms with Crippen molar-refractivity contribution in [2.75, 3.05) is 31.5 Å². The Morgan fingerprint density at radius 3 is 2.68 bits per heavy atom. The number of rotatable bonds is 2. The highest BCUT2D eigenvalue weighted by molar-refractivity contribution is 9.10. The number of fused-ring (bicyclic) bond motifs is 2. The standard InChI is InChI=1S/C21H23BrF3N5O/c22-17-18(20(31)29-10-9-28-8-4-7-14(28)12-29)27-30-16(21(23,24)25)11-15(26-19(17)30)13-5-2-1-3-6-13/h1-3,5-6,14-16,26H,4,7-12H2/t14-,15-,16-/m1/s1. The second-order valence-corrected chi connectivity index (χ2v) is 9.23. The lowest BCUT2D eigenvalue weighted by atomic mass is 9.97. The van der Waals surface area contributed by atoms with Gasteiger partial charge in [0.1, 0.15) is 5.82 Å². The first-order valence-electron chi connectivity index (χ1n) is 10.5. The fourth-order valence-corrected chi connectivity index (χ4v) is 5.50. The van der Waals surface area contributed by atoms with Gasteiger partial charge in [0.15, 0.2) is 11.7 Å². The summed E-state index contributed by atoms with van der Waals surface area (Å²) in [6.07, 6.45) is -2.51. The molecule has 0 saturated carbocycles. The molecule has 2 saturated heterocycles. The molecule has 166 valence electrons. The third-order valence-electron chi connectivity index (χ3n) is 6.57. The molecule has 5 rings (SSSR count). The summed E-state index contributed by atoms with van der Waals surface area (Å²) < 4.78 is 43.1. The number of carbonyl (C=O) groups excluding carboxylic acids is 1. The minimum Gasteiger partial charge on any atom is -0.362 e. The zero-order valence-corrected chi connectivity index (χ0v) is 18.4. The Morgan fingerprint density at radius 2 is 1.94 bits per heavy atom. The molecule has 10 heteroatoms. The first kappa shape index (κ1) is 20.8. The maximum atomic E-state index is 13.9. The Labute approximate surface area is 186 Å². The Hall–Kier alpha value is -2.07. The maximum absolute atomic E-state index is 13.9. The second-order valence-electron chi connectivity index (χ2n) is 8.44. The van der Waals surface area contributed by atoms with Gasteiger partial charge in [0.25, 0.3) is 5.91 Å². The Morgan fingerprint density at radius 1 is 1.16 bits per heavy atom. The van der Waals surface area contributed by atoms with Crippen LogP contribution in [0.25, 0.3) is 0 Å². The summed E-state index contributed by atoms with van der Waals surface area (Å²) in [7, 11) is 0. The average molecular weight is 498 g/mol. The highest BCUT2D eigenvalue weighted by atomic mass is 79.9. The zero-order chi connectivity index (χ0) is 21.8. The van der Waals surface area contributed by atoms with Crippen LogP contribution in [0.5, 0.6) is 0 Å². The normalized spacial score (nSPS) is 26.3. The summed E-state index contributed by atoms with van der Waals surface area (Å²) in [5, 5.41) is 7.34. The van der Waals surface area contributed by atoms with Crippen LogP contribution in [0, 0.1) is 0 Å². The molecule has 31 heavy (non-hydrogen) atoms. The molecule has 4 heterocycles. The van der Waals surface area contributed by atoms with Crippen molar-refractivity contribution in [3.05, 3.63) is 46.1 Å². The lowest BCUT2D eigenvalue weighted by molar-refractivity contribution is -0.173. The van der Waals surface area contributed by atoms with Crippen LogP contribution in [-0.2, 0) is 0 Å². The van der Waals surface area contributed by atoms with E-state index >= 15 is 0 Å². The monoisotopic (exact) mass is 497 g/mol. The highest BCUT2D eigenvalue weighted by Crippen LogP contribution is 2.46. The number of carbonyl (C=O) groups is 1. The van der Waals surface area contributed by atoms with Crippen molar-refractivity contribution in [2.24, 2.45) is 0 Å². The molecule has 2 aromatic rings. The highest BCUT2D eigenvalue weighted by Gasteiger charge is 2.48. The Bertz CT molecular complexity index is 979. The van der Waals surface area contributed by atoms with Crippen LogP contribution in [0.1, 0.15) is 47.4 Å². The minimum atomic E-state index is -4.48. The molecular formula is C21H23BrF3N5O. The molecule has 6 nitrogen and oxygen atoms in total. The zero-order valence-electron chi connectivity index (χ0n) is 16.8. The van der Waals surface area contributed by atoms with E-state index in [1.54, 1.807) is 29.2 Å². The van der Waals surface area contributed by atoms with Crippen molar-refractivity contribution in [1.82, 2.24) is 19.6 Å². The van der Waals surface area contributed by atoms with Crippen LogP contribution in [0.2, 0.25) is 0 Å². The summed E-state index contributed by atoms with van der Waals surface area (Å²) in [5.41, 5.74) is 0.804. The van der Waals surface area contributed by atoms with Crippen molar-refractivity contribution < 1.29 is 18.0 Å². The summed E-state index contributed by atoms with van der Waals surface area (Å²) in [4.78, 5) is 17.3. The van der Waals surface area contributed by atoms with E-state index in [2.05, 4.69) is 31.2 Å². The fraction of sp³-hybridized carbons (Fsp3) is 0.524. The van der Waals surface area contributed by atoms with Gasteiger partial charge in [0.2, 0.25) is 0 Å². The van der Waals surface area contributed by atoms with Crippen molar-refractivity contribution in [1.29, 1.82) is 0 Å². The van der Waals surface area contributed by atoms with Crippen LogP contribution < -0.4 is 5.32 Å². The number of halogens is 4. The summed E-state index contributed by atoms with van der Waals surface area (Å²) >= 11 is 3.38. The van der Waals surface area contributed by atoms with Crippen molar-refractivity contribution in [2.45, 2.75) is 43.6 Å². The molecule has 1 amide bonds. The van der Waals surface area contributed by atoms with Crippen LogP contribution in [0.3, 0.4) is 0 Å². The summed E-state index contributed by atoms with van der Waals surface area (Å²) in [5.74, 6) is -0.121. The van der Waals surface area contributed by atoms with E-state index < -0.39 is 18.3 Å². The molecule has 1 aromatic heterocycles. The van der Waals surface area contributed by atoms with Crippen LogP contribution in [0.4, 0.5) is 19.0 Å². The number of aromatic nitrogens is 2. The van der Waals surface area contributed by atoms with Crippen molar-refractivity contribution >= 4 is 27.7 Å². The topological polar surface area (TPSA) is 53.4 Å². The van der Waals surface area contributed by atoms with Crippen LogP contribution >= 0.6 is 15.9 Å². The molecule has 1 N–H and O–H groups in total. The van der Waals surface area contributed by atoms with E-state index in [-0.39, 0.29) is 23.8 Å². The quantitative estimate of drug-likeness (QED) is 0.674.